The fourth-order valence-corrected chi connectivity index (χ4v) is 3.48. The van der Waals surface area contributed by atoms with Gasteiger partial charge in [0.25, 0.3) is 10.2 Å². The summed E-state index contributed by atoms with van der Waals surface area (Å²) < 4.78 is 33.2. The lowest BCUT2D eigenvalue weighted by atomic mass is 10.0. The fraction of sp³-hybridized carbons (Fsp3) is 0.727. The second-order valence-corrected chi connectivity index (χ2v) is 7.17. The number of halogens is 1. The van der Waals surface area contributed by atoms with Gasteiger partial charge in [-0.1, -0.05) is 22.5 Å². The molecule has 0 aromatic carbocycles. The molecule has 0 aromatic rings. The summed E-state index contributed by atoms with van der Waals surface area (Å²) in [4.78, 5) is 11.7. The van der Waals surface area contributed by atoms with Crippen LogP contribution in [0, 0.1) is 5.92 Å². The molecule has 0 aliphatic carbocycles. The summed E-state index contributed by atoms with van der Waals surface area (Å²) >= 11 is 3.09. The number of nitrogens with one attached hydrogen (secondary N) is 1. The molecule has 1 saturated heterocycles. The summed E-state index contributed by atoms with van der Waals surface area (Å²) in [6.45, 7) is 6.33. The molecule has 8 heteroatoms. The van der Waals surface area contributed by atoms with Crippen molar-refractivity contribution in [3.05, 3.63) is 11.1 Å². The molecule has 1 rings (SSSR count). The number of nitrogens with zero attached hydrogens (tertiary/aromatic N) is 1. The van der Waals surface area contributed by atoms with Crippen LogP contribution in [0.2, 0.25) is 0 Å². The molecule has 6 nitrogen and oxygen atoms in total. The lowest BCUT2D eigenvalue weighted by molar-refractivity contribution is -0.149. The van der Waals surface area contributed by atoms with Gasteiger partial charge in [0.1, 0.15) is 0 Å². The number of hydrogen-bond acceptors (Lipinski definition) is 4. The molecule has 1 N–H and O–H groups in total. The average Bonchev–Trinajstić information content (AvgIpc) is 2.37. The second-order valence-electron chi connectivity index (χ2n) is 4.29. The van der Waals surface area contributed by atoms with Crippen LogP contribution in [0.1, 0.15) is 19.8 Å². The quantitative estimate of drug-likeness (QED) is 0.722. The van der Waals surface area contributed by atoms with Gasteiger partial charge in [-0.3, -0.25) is 4.79 Å². The summed E-state index contributed by atoms with van der Waals surface area (Å²) in [5.41, 5.74) is 0. The van der Waals surface area contributed by atoms with Crippen molar-refractivity contribution in [2.24, 2.45) is 5.92 Å². The third-order valence-corrected chi connectivity index (χ3v) is 4.59. The second kappa shape index (κ2) is 7.37. The first kappa shape index (κ1) is 16.6. The van der Waals surface area contributed by atoms with E-state index in [4.69, 9.17) is 4.74 Å². The Balaban J connectivity index is 2.63. The molecular weight excluding hydrogens is 336 g/mol. The molecule has 1 aliphatic heterocycles. The maximum Gasteiger partial charge on any atom is 0.310 e. The molecule has 1 unspecified atom stereocenters. The molecule has 0 saturated carbocycles. The molecule has 19 heavy (non-hydrogen) atoms. The van der Waals surface area contributed by atoms with Crippen molar-refractivity contribution >= 4 is 32.1 Å². The summed E-state index contributed by atoms with van der Waals surface area (Å²) in [6.07, 6.45) is 1.32. The summed E-state index contributed by atoms with van der Waals surface area (Å²) in [7, 11) is -3.58. The normalized spacial score (nSPS) is 21.1. The Kier molecular flexibility index (Phi) is 6.45. The van der Waals surface area contributed by atoms with Crippen molar-refractivity contribution in [2.75, 3.05) is 26.2 Å². The Morgan fingerprint density at radius 3 is 2.84 bits per heavy atom. The van der Waals surface area contributed by atoms with Crippen LogP contribution in [0.5, 0.6) is 0 Å². The van der Waals surface area contributed by atoms with Crippen LogP contribution in [-0.2, 0) is 19.7 Å². The van der Waals surface area contributed by atoms with Crippen LogP contribution in [0.3, 0.4) is 0 Å². The zero-order chi connectivity index (χ0) is 14.5. The van der Waals surface area contributed by atoms with Crippen LogP contribution in [0.25, 0.3) is 0 Å². The van der Waals surface area contributed by atoms with Gasteiger partial charge in [-0.25, -0.2) is 0 Å². The van der Waals surface area contributed by atoms with Crippen LogP contribution in [0.15, 0.2) is 11.1 Å². The molecule has 0 radical (unpaired) electrons. The number of piperidine rings is 1. The molecule has 1 fully saturated rings. The zero-order valence-electron chi connectivity index (χ0n) is 10.9. The first-order valence-electron chi connectivity index (χ1n) is 6.11. The molecule has 0 spiro atoms. The topological polar surface area (TPSA) is 75.7 Å². The van der Waals surface area contributed by atoms with E-state index in [1.165, 1.54) is 4.31 Å². The van der Waals surface area contributed by atoms with Gasteiger partial charge in [0.2, 0.25) is 0 Å². The highest BCUT2D eigenvalue weighted by atomic mass is 79.9. The molecule has 0 bridgehead atoms. The van der Waals surface area contributed by atoms with Gasteiger partial charge in [-0.05, 0) is 19.8 Å². The van der Waals surface area contributed by atoms with Crippen LogP contribution >= 0.6 is 15.9 Å². The Morgan fingerprint density at radius 2 is 2.26 bits per heavy atom. The van der Waals surface area contributed by atoms with Gasteiger partial charge >= 0.3 is 5.97 Å². The Labute approximate surface area is 122 Å². The maximum absolute atomic E-state index is 12.0. The van der Waals surface area contributed by atoms with Crippen LogP contribution < -0.4 is 4.72 Å². The van der Waals surface area contributed by atoms with Gasteiger partial charge in [-0.15, -0.1) is 0 Å². The van der Waals surface area contributed by atoms with Crippen LogP contribution in [0.4, 0.5) is 0 Å². The van der Waals surface area contributed by atoms with Crippen molar-refractivity contribution in [1.82, 2.24) is 9.03 Å². The zero-order valence-corrected chi connectivity index (χ0v) is 13.3. The van der Waals surface area contributed by atoms with E-state index in [9.17, 15) is 13.2 Å². The van der Waals surface area contributed by atoms with E-state index in [0.717, 1.165) is 0 Å². The van der Waals surface area contributed by atoms with E-state index >= 15 is 0 Å². The van der Waals surface area contributed by atoms with E-state index in [2.05, 4.69) is 27.2 Å². The molecule has 0 amide bonds. The minimum absolute atomic E-state index is 0.128. The molecule has 0 aromatic heterocycles. The predicted molar refractivity (Wildman–Crippen MR) is 75.9 cm³/mol. The van der Waals surface area contributed by atoms with E-state index in [-0.39, 0.29) is 25.0 Å². The van der Waals surface area contributed by atoms with Crippen molar-refractivity contribution in [1.29, 1.82) is 0 Å². The standard InChI is InChI=1S/C11H19BrN2O4S/c1-3-18-11(15)10-5-4-6-14(8-10)19(16,17)13-7-9(2)12/h10,13H,2-8H2,1H3. The third kappa shape index (κ3) is 5.21. The van der Waals surface area contributed by atoms with Gasteiger partial charge < -0.3 is 4.74 Å². The molecular formula is C11H19BrN2O4S. The van der Waals surface area contributed by atoms with Crippen molar-refractivity contribution in [2.45, 2.75) is 19.8 Å². The Hall–Kier alpha value is -0.440. The number of esters is 1. The largest absolute Gasteiger partial charge is 0.466 e. The first-order chi connectivity index (χ1) is 8.86. The average molecular weight is 355 g/mol. The molecule has 1 aliphatic rings. The van der Waals surface area contributed by atoms with Gasteiger partial charge in [0.05, 0.1) is 12.5 Å². The van der Waals surface area contributed by atoms with Crippen LogP contribution in [-0.4, -0.2) is 44.9 Å². The highest BCUT2D eigenvalue weighted by Gasteiger charge is 2.32. The van der Waals surface area contributed by atoms with E-state index in [1.54, 1.807) is 6.92 Å². The Morgan fingerprint density at radius 1 is 1.58 bits per heavy atom. The number of hydrogen-bond donors (Lipinski definition) is 1. The van der Waals surface area contributed by atoms with Gasteiger partial charge in [-0.2, -0.15) is 17.4 Å². The smallest absolute Gasteiger partial charge is 0.310 e. The summed E-state index contributed by atoms with van der Waals surface area (Å²) in [5, 5.41) is 0. The minimum Gasteiger partial charge on any atom is -0.466 e. The van der Waals surface area contributed by atoms with Crippen molar-refractivity contribution < 1.29 is 17.9 Å². The fourth-order valence-electron chi connectivity index (χ4n) is 1.87. The predicted octanol–water partition coefficient (Wildman–Crippen LogP) is 1.00. The minimum atomic E-state index is -3.58. The summed E-state index contributed by atoms with van der Waals surface area (Å²) in [5.74, 6) is -0.704. The van der Waals surface area contributed by atoms with Crippen molar-refractivity contribution in [3.8, 4) is 0 Å². The Bertz CT molecular complexity index is 438. The number of carbonyl (C=O) groups excluding carboxylic acids is 1. The van der Waals surface area contributed by atoms with E-state index < -0.39 is 10.2 Å². The van der Waals surface area contributed by atoms with Crippen molar-refractivity contribution in [3.63, 3.8) is 0 Å². The first-order valence-corrected chi connectivity index (χ1v) is 8.34. The number of ether oxygens (including phenoxy) is 1. The molecule has 1 atom stereocenters. The van der Waals surface area contributed by atoms with E-state index in [1.807, 2.05) is 0 Å². The third-order valence-electron chi connectivity index (χ3n) is 2.79. The highest BCUT2D eigenvalue weighted by molar-refractivity contribution is 9.11. The number of carbonyl (C=O) groups is 1. The SMILES string of the molecule is C=C(Br)CNS(=O)(=O)N1CCCC(C(=O)OCC)C1. The van der Waals surface area contributed by atoms with E-state index in [0.29, 0.717) is 30.5 Å². The lowest BCUT2D eigenvalue weighted by Gasteiger charge is -2.30. The highest BCUT2D eigenvalue weighted by Crippen LogP contribution is 2.20. The maximum atomic E-state index is 12.0. The molecule has 1 heterocycles. The van der Waals surface area contributed by atoms with Gasteiger partial charge in [0, 0.05) is 24.1 Å². The lowest BCUT2D eigenvalue weighted by Crippen LogP contribution is -2.47. The number of rotatable bonds is 6. The summed E-state index contributed by atoms with van der Waals surface area (Å²) in [6, 6.07) is 0. The monoisotopic (exact) mass is 354 g/mol. The van der Waals surface area contributed by atoms with Gasteiger partial charge in [0.15, 0.2) is 0 Å². The molecule has 110 valence electrons.